The molecule has 0 amide bonds. The van der Waals surface area contributed by atoms with Gasteiger partial charge in [0.05, 0.1) is 0 Å². The minimum atomic E-state index is -4.42. The lowest BCUT2D eigenvalue weighted by atomic mass is 9.80. The van der Waals surface area contributed by atoms with Crippen molar-refractivity contribution < 1.29 is 13.2 Å². The summed E-state index contributed by atoms with van der Waals surface area (Å²) >= 11 is 0. The van der Waals surface area contributed by atoms with E-state index in [0.717, 1.165) is 19.0 Å². The van der Waals surface area contributed by atoms with E-state index in [0.29, 0.717) is 23.7 Å². The molecule has 20 heavy (non-hydrogen) atoms. The van der Waals surface area contributed by atoms with Crippen molar-refractivity contribution >= 4 is 5.82 Å². The Morgan fingerprint density at radius 1 is 1.15 bits per heavy atom. The summed E-state index contributed by atoms with van der Waals surface area (Å²) < 4.78 is 37.5. The molecular formula is C14H18F3N3. The molecule has 1 saturated carbocycles. The molecule has 6 heteroatoms. The van der Waals surface area contributed by atoms with Crippen LogP contribution in [0.5, 0.6) is 0 Å². The molecule has 1 saturated heterocycles. The highest BCUT2D eigenvalue weighted by Crippen LogP contribution is 2.41. The summed E-state index contributed by atoms with van der Waals surface area (Å²) in [7, 11) is 0. The second kappa shape index (κ2) is 4.90. The Morgan fingerprint density at radius 3 is 2.55 bits per heavy atom. The van der Waals surface area contributed by atoms with Gasteiger partial charge in [-0.15, -0.1) is 10.2 Å². The first-order chi connectivity index (χ1) is 9.47. The molecule has 0 N–H and O–H groups in total. The van der Waals surface area contributed by atoms with Crippen molar-refractivity contribution in [2.45, 2.75) is 44.8 Å². The molecule has 1 aliphatic heterocycles. The van der Waals surface area contributed by atoms with Gasteiger partial charge in [-0.2, -0.15) is 13.2 Å². The topological polar surface area (TPSA) is 29.0 Å². The quantitative estimate of drug-likeness (QED) is 0.790. The molecule has 2 heterocycles. The fourth-order valence-corrected chi connectivity index (χ4v) is 3.66. The maximum atomic E-state index is 12.5. The summed E-state index contributed by atoms with van der Waals surface area (Å²) in [6.45, 7) is 3.09. The van der Waals surface area contributed by atoms with Crippen molar-refractivity contribution in [3.8, 4) is 0 Å². The van der Waals surface area contributed by atoms with Crippen LogP contribution in [-0.4, -0.2) is 22.8 Å². The highest BCUT2D eigenvalue weighted by molar-refractivity contribution is 5.41. The average Bonchev–Trinajstić information content (AvgIpc) is 2.76. The molecule has 1 aliphatic carbocycles. The largest absolute Gasteiger partial charge is 0.435 e. The Hall–Kier alpha value is -1.33. The van der Waals surface area contributed by atoms with E-state index in [2.05, 4.69) is 22.0 Å². The van der Waals surface area contributed by atoms with Crippen molar-refractivity contribution in [3.05, 3.63) is 17.8 Å². The first-order valence-corrected chi connectivity index (χ1v) is 7.14. The zero-order valence-corrected chi connectivity index (χ0v) is 11.4. The fourth-order valence-electron chi connectivity index (χ4n) is 3.66. The van der Waals surface area contributed by atoms with Crippen LogP contribution in [0.15, 0.2) is 12.1 Å². The molecule has 3 rings (SSSR count). The molecule has 3 unspecified atom stereocenters. The fraction of sp³-hybridized carbons (Fsp3) is 0.714. The van der Waals surface area contributed by atoms with Gasteiger partial charge in [-0.05, 0) is 36.8 Å². The first kappa shape index (κ1) is 13.6. The van der Waals surface area contributed by atoms with Crippen LogP contribution in [0.25, 0.3) is 0 Å². The SMILES string of the molecule is CC1CN(c2ccc(C(F)(F)F)nn2)C2CCCCC12. The van der Waals surface area contributed by atoms with E-state index in [-0.39, 0.29) is 0 Å². The van der Waals surface area contributed by atoms with Crippen LogP contribution in [0.4, 0.5) is 19.0 Å². The zero-order valence-electron chi connectivity index (χ0n) is 11.4. The molecular weight excluding hydrogens is 267 g/mol. The van der Waals surface area contributed by atoms with Crippen LogP contribution < -0.4 is 4.90 Å². The van der Waals surface area contributed by atoms with Gasteiger partial charge >= 0.3 is 6.18 Å². The minimum Gasteiger partial charge on any atom is -0.352 e. The Balaban J connectivity index is 1.82. The zero-order chi connectivity index (χ0) is 14.3. The summed E-state index contributed by atoms with van der Waals surface area (Å²) in [5.41, 5.74) is -0.923. The van der Waals surface area contributed by atoms with E-state index >= 15 is 0 Å². The Bertz CT molecular complexity index is 472. The van der Waals surface area contributed by atoms with Gasteiger partial charge in [0.2, 0.25) is 0 Å². The van der Waals surface area contributed by atoms with Crippen LogP contribution in [0.3, 0.4) is 0 Å². The van der Waals surface area contributed by atoms with E-state index < -0.39 is 11.9 Å². The number of alkyl halides is 3. The molecule has 0 bridgehead atoms. The Kier molecular flexibility index (Phi) is 3.34. The van der Waals surface area contributed by atoms with Gasteiger partial charge in [0.15, 0.2) is 11.5 Å². The maximum absolute atomic E-state index is 12.5. The summed E-state index contributed by atoms with van der Waals surface area (Å²) in [6.07, 6.45) is 0.363. The molecule has 3 nitrogen and oxygen atoms in total. The average molecular weight is 285 g/mol. The van der Waals surface area contributed by atoms with Crippen LogP contribution in [0.1, 0.15) is 38.3 Å². The molecule has 0 aromatic carbocycles. The first-order valence-electron chi connectivity index (χ1n) is 7.14. The van der Waals surface area contributed by atoms with Crippen LogP contribution in [0.2, 0.25) is 0 Å². The lowest BCUT2D eigenvalue weighted by molar-refractivity contribution is -0.141. The third-order valence-corrected chi connectivity index (χ3v) is 4.63. The molecule has 110 valence electrons. The van der Waals surface area contributed by atoms with E-state index in [1.807, 2.05) is 0 Å². The van der Waals surface area contributed by atoms with E-state index in [1.54, 1.807) is 0 Å². The van der Waals surface area contributed by atoms with Crippen LogP contribution in [-0.2, 0) is 6.18 Å². The van der Waals surface area contributed by atoms with Gasteiger partial charge < -0.3 is 4.90 Å². The summed E-state index contributed by atoms with van der Waals surface area (Å²) in [5.74, 6) is 1.80. The summed E-state index contributed by atoms with van der Waals surface area (Å²) in [6, 6.07) is 2.91. The van der Waals surface area contributed by atoms with Crippen molar-refractivity contribution in [1.29, 1.82) is 0 Å². The molecule has 0 spiro atoms. The minimum absolute atomic E-state index is 0.421. The molecule has 2 aliphatic rings. The second-order valence-corrected chi connectivity index (χ2v) is 5.92. The second-order valence-electron chi connectivity index (χ2n) is 5.92. The van der Waals surface area contributed by atoms with E-state index in [9.17, 15) is 13.2 Å². The standard InChI is InChI=1S/C14H18F3N3/c1-9-8-20(11-5-3-2-4-10(9)11)13-7-6-12(18-19-13)14(15,16)17/h6-7,9-11H,2-5,8H2,1H3. The number of nitrogens with zero attached hydrogens (tertiary/aromatic N) is 3. The van der Waals surface area contributed by atoms with Crippen LogP contribution in [0, 0.1) is 11.8 Å². The van der Waals surface area contributed by atoms with E-state index in [1.165, 1.54) is 25.3 Å². The number of anilines is 1. The lowest BCUT2D eigenvalue weighted by Gasteiger charge is -2.32. The molecule has 1 aromatic rings. The number of hydrogen-bond donors (Lipinski definition) is 0. The Morgan fingerprint density at radius 2 is 1.90 bits per heavy atom. The molecule has 1 aromatic heterocycles. The highest BCUT2D eigenvalue weighted by Gasteiger charge is 2.41. The molecule has 3 atom stereocenters. The number of halogens is 3. The number of hydrogen-bond acceptors (Lipinski definition) is 3. The van der Waals surface area contributed by atoms with Crippen molar-refractivity contribution in [2.24, 2.45) is 11.8 Å². The normalized spacial score (nSPS) is 30.4. The van der Waals surface area contributed by atoms with Crippen molar-refractivity contribution in [1.82, 2.24) is 10.2 Å². The molecule has 2 fully saturated rings. The monoisotopic (exact) mass is 285 g/mol. The summed E-state index contributed by atoms with van der Waals surface area (Å²) in [4.78, 5) is 2.15. The smallest absolute Gasteiger partial charge is 0.352 e. The lowest BCUT2D eigenvalue weighted by Crippen LogP contribution is -2.35. The van der Waals surface area contributed by atoms with Gasteiger partial charge in [-0.3, -0.25) is 0 Å². The van der Waals surface area contributed by atoms with Gasteiger partial charge in [-0.25, -0.2) is 0 Å². The van der Waals surface area contributed by atoms with Gasteiger partial charge in [0, 0.05) is 12.6 Å². The predicted octanol–water partition coefficient (Wildman–Crippen LogP) is 3.51. The Labute approximate surface area is 116 Å². The van der Waals surface area contributed by atoms with E-state index in [4.69, 9.17) is 0 Å². The highest BCUT2D eigenvalue weighted by atomic mass is 19.4. The van der Waals surface area contributed by atoms with Crippen LogP contribution >= 0.6 is 0 Å². The van der Waals surface area contributed by atoms with Gasteiger partial charge in [0.1, 0.15) is 0 Å². The van der Waals surface area contributed by atoms with Crippen molar-refractivity contribution in [2.75, 3.05) is 11.4 Å². The van der Waals surface area contributed by atoms with Crippen molar-refractivity contribution in [3.63, 3.8) is 0 Å². The maximum Gasteiger partial charge on any atom is 0.435 e. The van der Waals surface area contributed by atoms with Gasteiger partial charge in [0.25, 0.3) is 0 Å². The number of rotatable bonds is 1. The number of aromatic nitrogens is 2. The molecule has 0 radical (unpaired) electrons. The predicted molar refractivity (Wildman–Crippen MR) is 69.3 cm³/mol. The summed E-state index contributed by atoms with van der Waals surface area (Å²) in [5, 5.41) is 7.15. The third-order valence-electron chi connectivity index (χ3n) is 4.63. The number of fused-ring (bicyclic) bond motifs is 1. The third kappa shape index (κ3) is 2.36. The van der Waals surface area contributed by atoms with Gasteiger partial charge in [-0.1, -0.05) is 19.8 Å².